The molecule has 176 valence electrons. The Labute approximate surface area is 182 Å². The molecule has 0 rings (SSSR count). The van der Waals surface area contributed by atoms with E-state index in [0.29, 0.717) is 45.4 Å². The number of rotatable bonds is 20. The molecule has 0 atom stereocenters. The molecular formula is C22H45N5O3. The number of carbonyl (C=O) groups excluding carboxylic acids is 3. The average molecular weight is 428 g/mol. The lowest BCUT2D eigenvalue weighted by atomic mass is 10.1. The molecule has 0 unspecified atom stereocenters. The Morgan fingerprint density at radius 1 is 0.667 bits per heavy atom. The molecule has 0 aliphatic rings. The van der Waals surface area contributed by atoms with Crippen LogP contribution < -0.4 is 22.1 Å². The highest BCUT2D eigenvalue weighted by Gasteiger charge is 2.13. The lowest BCUT2D eigenvalue weighted by Gasteiger charge is -2.23. The van der Waals surface area contributed by atoms with Crippen LogP contribution in [0, 0.1) is 0 Å². The van der Waals surface area contributed by atoms with Gasteiger partial charge in [0.2, 0.25) is 17.7 Å². The number of hydrogen-bond donors (Lipinski definition) is 4. The molecule has 0 aliphatic heterocycles. The van der Waals surface area contributed by atoms with Crippen LogP contribution in [-0.2, 0) is 14.4 Å². The van der Waals surface area contributed by atoms with E-state index in [1.54, 1.807) is 0 Å². The minimum absolute atomic E-state index is 0.0257. The third-order valence-electron chi connectivity index (χ3n) is 5.07. The van der Waals surface area contributed by atoms with Gasteiger partial charge >= 0.3 is 0 Å². The number of nitrogens with zero attached hydrogens (tertiary/aromatic N) is 1. The fourth-order valence-corrected chi connectivity index (χ4v) is 3.25. The molecule has 30 heavy (non-hydrogen) atoms. The van der Waals surface area contributed by atoms with Crippen LogP contribution in [0.15, 0.2) is 0 Å². The van der Waals surface area contributed by atoms with Gasteiger partial charge in [0.15, 0.2) is 0 Å². The zero-order valence-electron chi connectivity index (χ0n) is 19.1. The van der Waals surface area contributed by atoms with Crippen LogP contribution in [-0.4, -0.2) is 61.9 Å². The van der Waals surface area contributed by atoms with Crippen molar-refractivity contribution in [2.24, 2.45) is 11.5 Å². The van der Waals surface area contributed by atoms with E-state index in [9.17, 15) is 14.4 Å². The Morgan fingerprint density at radius 3 is 1.53 bits per heavy atom. The van der Waals surface area contributed by atoms with Gasteiger partial charge in [0.25, 0.3) is 0 Å². The Morgan fingerprint density at radius 2 is 1.10 bits per heavy atom. The van der Waals surface area contributed by atoms with Crippen LogP contribution in [0.4, 0.5) is 0 Å². The second-order valence-electron chi connectivity index (χ2n) is 7.77. The van der Waals surface area contributed by atoms with Gasteiger partial charge in [0.05, 0.1) is 13.1 Å². The monoisotopic (exact) mass is 427 g/mol. The number of unbranched alkanes of at least 4 members (excludes halogenated alkanes) is 8. The zero-order chi connectivity index (χ0) is 22.5. The van der Waals surface area contributed by atoms with Gasteiger partial charge in [-0.15, -0.1) is 0 Å². The Balaban J connectivity index is 4.12. The topological polar surface area (TPSA) is 131 Å². The molecule has 0 aliphatic carbocycles. The van der Waals surface area contributed by atoms with Gasteiger partial charge in [-0.05, 0) is 19.3 Å². The van der Waals surface area contributed by atoms with Crippen LogP contribution in [0.5, 0.6) is 0 Å². The molecule has 0 aromatic heterocycles. The molecule has 0 bridgehead atoms. The predicted molar refractivity (Wildman–Crippen MR) is 122 cm³/mol. The van der Waals surface area contributed by atoms with Crippen LogP contribution in [0.1, 0.15) is 84.0 Å². The van der Waals surface area contributed by atoms with Crippen molar-refractivity contribution in [3.8, 4) is 0 Å². The first-order valence-corrected chi connectivity index (χ1v) is 11.8. The van der Waals surface area contributed by atoms with Crippen molar-refractivity contribution in [2.75, 3.05) is 39.3 Å². The highest BCUT2D eigenvalue weighted by Crippen LogP contribution is 2.11. The second-order valence-corrected chi connectivity index (χ2v) is 7.77. The summed E-state index contributed by atoms with van der Waals surface area (Å²) in [6.45, 7) is 4.36. The average Bonchev–Trinajstić information content (AvgIpc) is 2.76. The van der Waals surface area contributed by atoms with Crippen molar-refractivity contribution in [3.63, 3.8) is 0 Å². The predicted octanol–water partition coefficient (Wildman–Crippen LogP) is 1.67. The molecule has 0 aromatic rings. The van der Waals surface area contributed by atoms with Crippen molar-refractivity contribution in [3.05, 3.63) is 0 Å². The van der Waals surface area contributed by atoms with E-state index in [4.69, 9.17) is 11.5 Å². The Kier molecular flexibility index (Phi) is 19.5. The highest BCUT2D eigenvalue weighted by molar-refractivity contribution is 5.78. The molecular weight excluding hydrogens is 382 g/mol. The highest BCUT2D eigenvalue weighted by atomic mass is 16.2. The normalized spacial score (nSPS) is 10.6. The Bertz CT molecular complexity index is 436. The first kappa shape index (κ1) is 28.3. The van der Waals surface area contributed by atoms with Gasteiger partial charge in [-0.25, -0.2) is 0 Å². The van der Waals surface area contributed by atoms with E-state index in [0.717, 1.165) is 12.8 Å². The lowest BCUT2D eigenvalue weighted by Crippen LogP contribution is -2.38. The van der Waals surface area contributed by atoms with Gasteiger partial charge < -0.3 is 27.0 Å². The van der Waals surface area contributed by atoms with Crippen molar-refractivity contribution in [1.82, 2.24) is 15.5 Å². The molecule has 8 heteroatoms. The molecule has 0 radical (unpaired) electrons. The molecule has 6 N–H and O–H groups in total. The maximum atomic E-state index is 12.6. The first-order valence-electron chi connectivity index (χ1n) is 11.8. The second kappa shape index (κ2) is 20.6. The first-order chi connectivity index (χ1) is 14.5. The number of hydrogen-bond acceptors (Lipinski definition) is 5. The Hall–Kier alpha value is -1.67. The maximum absolute atomic E-state index is 12.6. The largest absolute Gasteiger partial charge is 0.355 e. The molecule has 0 heterocycles. The molecule has 0 fully saturated rings. The van der Waals surface area contributed by atoms with Crippen LogP contribution in [0.3, 0.4) is 0 Å². The third kappa shape index (κ3) is 17.2. The van der Waals surface area contributed by atoms with Crippen molar-refractivity contribution in [2.45, 2.75) is 84.0 Å². The van der Waals surface area contributed by atoms with Crippen LogP contribution in [0.25, 0.3) is 0 Å². The number of amides is 3. The number of carbonyl (C=O) groups is 3. The quantitative estimate of drug-likeness (QED) is 0.220. The third-order valence-corrected chi connectivity index (χ3v) is 5.07. The summed E-state index contributed by atoms with van der Waals surface area (Å²) in [5.74, 6) is -0.229. The van der Waals surface area contributed by atoms with Crippen molar-refractivity contribution >= 4 is 17.7 Å². The van der Waals surface area contributed by atoms with E-state index in [1.165, 1.54) is 44.9 Å². The minimum atomic E-state index is -0.188. The smallest absolute Gasteiger partial charge is 0.233 e. The fraction of sp³-hybridized carbons (Fsp3) is 0.864. The maximum Gasteiger partial charge on any atom is 0.233 e. The van der Waals surface area contributed by atoms with Gasteiger partial charge in [0, 0.05) is 32.6 Å². The van der Waals surface area contributed by atoms with Crippen molar-refractivity contribution in [1.29, 1.82) is 0 Å². The lowest BCUT2D eigenvalue weighted by molar-refractivity contribution is -0.131. The molecule has 0 saturated heterocycles. The number of nitrogens with two attached hydrogens (primary N) is 2. The molecule has 0 spiro atoms. The summed E-state index contributed by atoms with van der Waals surface area (Å²) in [5.41, 5.74) is 10.6. The summed E-state index contributed by atoms with van der Waals surface area (Å²) in [5, 5.41) is 5.46. The molecule has 8 nitrogen and oxygen atoms in total. The van der Waals surface area contributed by atoms with Gasteiger partial charge in [0.1, 0.15) is 0 Å². The van der Waals surface area contributed by atoms with Crippen LogP contribution >= 0.6 is 0 Å². The molecule has 0 saturated carbocycles. The summed E-state index contributed by atoms with van der Waals surface area (Å²) < 4.78 is 0. The van der Waals surface area contributed by atoms with Crippen LogP contribution in [0.2, 0.25) is 0 Å². The van der Waals surface area contributed by atoms with E-state index < -0.39 is 0 Å². The van der Waals surface area contributed by atoms with E-state index >= 15 is 0 Å². The summed E-state index contributed by atoms with van der Waals surface area (Å²) in [7, 11) is 0. The minimum Gasteiger partial charge on any atom is -0.355 e. The summed E-state index contributed by atoms with van der Waals surface area (Å²) in [4.78, 5) is 36.9. The molecule has 0 aromatic carbocycles. The van der Waals surface area contributed by atoms with Gasteiger partial charge in [-0.3, -0.25) is 14.4 Å². The van der Waals surface area contributed by atoms with E-state index in [1.807, 2.05) is 4.90 Å². The SMILES string of the molecule is CCCCCCCCCCCC(=O)N(CCCNC(=O)CN)CCCNC(=O)CN. The van der Waals surface area contributed by atoms with E-state index in [-0.39, 0.29) is 30.8 Å². The van der Waals surface area contributed by atoms with Crippen molar-refractivity contribution < 1.29 is 14.4 Å². The van der Waals surface area contributed by atoms with E-state index in [2.05, 4.69) is 17.6 Å². The standard InChI is InChI=1S/C22H45N5O3/c1-2-3-4-5-6-7-8-9-10-13-22(30)27(16-11-14-25-20(28)18-23)17-12-15-26-21(29)19-24/h2-19,23-24H2,1H3,(H,25,28)(H,26,29). The molecule has 3 amide bonds. The fourth-order valence-electron chi connectivity index (χ4n) is 3.25. The summed E-state index contributed by atoms with van der Waals surface area (Å²) in [6, 6.07) is 0. The number of nitrogens with one attached hydrogen (secondary N) is 2. The van der Waals surface area contributed by atoms with Gasteiger partial charge in [-0.2, -0.15) is 0 Å². The zero-order valence-corrected chi connectivity index (χ0v) is 19.1. The summed E-state index contributed by atoms with van der Waals surface area (Å²) in [6.07, 6.45) is 12.9. The van der Waals surface area contributed by atoms with Gasteiger partial charge in [-0.1, -0.05) is 58.3 Å². The summed E-state index contributed by atoms with van der Waals surface area (Å²) >= 11 is 0.